The van der Waals surface area contributed by atoms with Gasteiger partial charge in [0.25, 0.3) is 0 Å². The Kier molecular flexibility index (Phi) is 8.30. The Bertz CT molecular complexity index is 3350. The van der Waals surface area contributed by atoms with E-state index in [0.29, 0.717) is 0 Å². The van der Waals surface area contributed by atoms with Gasteiger partial charge in [0, 0.05) is 40.2 Å². The molecule has 11 rings (SSSR count). The van der Waals surface area contributed by atoms with Crippen molar-refractivity contribution in [2.45, 2.75) is 87.5 Å². The van der Waals surface area contributed by atoms with Crippen LogP contribution in [0.1, 0.15) is 82.3 Å². The van der Waals surface area contributed by atoms with E-state index in [-0.39, 0.29) is 5.41 Å². The van der Waals surface area contributed by atoms with Gasteiger partial charge < -0.3 is 9.47 Å². The highest BCUT2D eigenvalue weighted by atomic mass is 32.1. The summed E-state index contributed by atoms with van der Waals surface area (Å²) in [7, 11) is 0. The predicted octanol–water partition coefficient (Wildman–Crippen LogP) is 15.5. The van der Waals surface area contributed by atoms with Gasteiger partial charge in [-0.15, -0.1) is 45.3 Å². The molecule has 0 bridgehead atoms. The fourth-order valence-electron chi connectivity index (χ4n) is 10.1. The molecule has 2 nitrogen and oxygen atoms in total. The van der Waals surface area contributed by atoms with Crippen molar-refractivity contribution in [1.82, 2.24) is 4.57 Å². The topological polar surface area (TPSA) is 8.17 Å². The molecular formula is C53H48N2S4. The molecule has 1 aliphatic carbocycles. The molecule has 0 N–H and O–H groups in total. The van der Waals surface area contributed by atoms with Crippen molar-refractivity contribution in [2.24, 2.45) is 0 Å². The Morgan fingerprint density at radius 2 is 0.847 bits per heavy atom. The first-order chi connectivity index (χ1) is 28.4. The van der Waals surface area contributed by atoms with Crippen molar-refractivity contribution in [3.05, 3.63) is 139 Å². The summed E-state index contributed by atoms with van der Waals surface area (Å²) in [4.78, 5) is 2.67. The largest absolute Gasteiger partial charge is 0.307 e. The number of fused-ring (bicyclic) bond motifs is 9. The second-order valence-electron chi connectivity index (χ2n) is 17.4. The summed E-state index contributed by atoms with van der Waals surface area (Å²) in [5.74, 6) is 0. The molecule has 59 heavy (non-hydrogen) atoms. The maximum Gasteiger partial charge on any atom is 0.0838 e. The molecule has 2 aliphatic rings. The SMILES string of the molecule is Cc1c(C)c(C)c2sc3c(-n4c5c(c6ccccc64)=CCCC=5)c4sc5c(C)c(C)c(C)c(C)c5sc4c(N4c5ccccc5C(C)(C)c5ccccc54)c3sc2c1C. The summed E-state index contributed by atoms with van der Waals surface area (Å²) in [5.41, 5.74) is 20.2. The van der Waals surface area contributed by atoms with E-state index in [1.165, 1.54) is 137 Å². The molecular weight excluding hydrogens is 793 g/mol. The zero-order valence-electron chi connectivity index (χ0n) is 35.5. The monoisotopic (exact) mass is 840 g/mol. The quantitative estimate of drug-likeness (QED) is 0.157. The first-order valence-electron chi connectivity index (χ1n) is 20.9. The summed E-state index contributed by atoms with van der Waals surface area (Å²) in [6, 6.07) is 27.5. The molecule has 9 aromatic rings. The molecule has 0 unspecified atom stereocenters. The molecule has 294 valence electrons. The van der Waals surface area contributed by atoms with Gasteiger partial charge in [-0.2, -0.15) is 0 Å². The van der Waals surface area contributed by atoms with Crippen LogP contribution in [0.15, 0.2) is 72.8 Å². The van der Waals surface area contributed by atoms with Gasteiger partial charge in [-0.05, 0) is 142 Å². The third-order valence-electron chi connectivity index (χ3n) is 14.1. The highest BCUT2D eigenvalue weighted by Gasteiger charge is 2.39. The second kappa shape index (κ2) is 13.1. The summed E-state index contributed by atoms with van der Waals surface area (Å²) < 4.78 is 13.7. The molecule has 0 saturated heterocycles. The van der Waals surface area contributed by atoms with Gasteiger partial charge in [-0.25, -0.2) is 0 Å². The molecule has 3 aromatic heterocycles. The zero-order valence-corrected chi connectivity index (χ0v) is 38.8. The van der Waals surface area contributed by atoms with E-state index >= 15 is 0 Å². The molecule has 6 aromatic carbocycles. The van der Waals surface area contributed by atoms with Gasteiger partial charge in [0.1, 0.15) is 0 Å². The van der Waals surface area contributed by atoms with Crippen molar-refractivity contribution in [1.29, 1.82) is 0 Å². The van der Waals surface area contributed by atoms with Gasteiger partial charge in [0.15, 0.2) is 0 Å². The lowest BCUT2D eigenvalue weighted by molar-refractivity contribution is 0.632. The third-order valence-corrected chi connectivity index (χ3v) is 19.9. The number of hydrogen-bond acceptors (Lipinski definition) is 5. The molecule has 1 aliphatic heterocycles. The summed E-state index contributed by atoms with van der Waals surface area (Å²) in [6.45, 7) is 23.5. The van der Waals surface area contributed by atoms with Gasteiger partial charge in [0.05, 0.1) is 47.1 Å². The average molecular weight is 841 g/mol. The van der Waals surface area contributed by atoms with Crippen LogP contribution in [0.3, 0.4) is 0 Å². The van der Waals surface area contributed by atoms with Crippen LogP contribution in [0.4, 0.5) is 17.1 Å². The normalized spacial score (nSPS) is 14.5. The van der Waals surface area contributed by atoms with Crippen LogP contribution in [-0.4, -0.2) is 4.57 Å². The summed E-state index contributed by atoms with van der Waals surface area (Å²) in [5, 5.41) is 4.05. The van der Waals surface area contributed by atoms with Crippen LogP contribution >= 0.6 is 45.3 Å². The van der Waals surface area contributed by atoms with E-state index in [2.05, 4.69) is 164 Å². The zero-order chi connectivity index (χ0) is 40.8. The van der Waals surface area contributed by atoms with E-state index in [1.54, 1.807) is 0 Å². The molecule has 6 heteroatoms. The van der Waals surface area contributed by atoms with Crippen molar-refractivity contribution in [2.75, 3.05) is 4.90 Å². The van der Waals surface area contributed by atoms with Crippen LogP contribution in [0.2, 0.25) is 0 Å². The van der Waals surface area contributed by atoms with E-state index in [1.807, 2.05) is 45.3 Å². The number of nitrogens with zero attached hydrogens (tertiary/aromatic N) is 2. The maximum atomic E-state index is 2.67. The smallest absolute Gasteiger partial charge is 0.0838 e. The predicted molar refractivity (Wildman–Crippen MR) is 265 cm³/mol. The van der Waals surface area contributed by atoms with Crippen LogP contribution in [-0.2, 0) is 5.41 Å². The Morgan fingerprint density at radius 1 is 0.441 bits per heavy atom. The van der Waals surface area contributed by atoms with Crippen molar-refractivity contribution >= 4 is 123 Å². The molecule has 4 heterocycles. The Labute approximate surface area is 362 Å². The number of para-hydroxylation sites is 3. The minimum Gasteiger partial charge on any atom is -0.307 e. The molecule has 0 atom stereocenters. The lowest BCUT2D eigenvalue weighted by Gasteiger charge is -2.42. The van der Waals surface area contributed by atoms with Crippen LogP contribution in [0.5, 0.6) is 0 Å². The Hall–Kier alpha value is -4.72. The van der Waals surface area contributed by atoms with Gasteiger partial charge in [-0.1, -0.05) is 80.6 Å². The first-order valence-corrected chi connectivity index (χ1v) is 24.1. The highest BCUT2D eigenvalue weighted by molar-refractivity contribution is 7.40. The Morgan fingerprint density at radius 3 is 1.34 bits per heavy atom. The molecule has 0 spiro atoms. The first kappa shape index (κ1) is 37.3. The number of hydrogen-bond donors (Lipinski definition) is 0. The summed E-state index contributed by atoms with van der Waals surface area (Å²) in [6.07, 6.45) is 7.12. The van der Waals surface area contributed by atoms with Gasteiger partial charge in [-0.3, -0.25) is 0 Å². The maximum absolute atomic E-state index is 2.67. The minimum atomic E-state index is -0.160. The van der Waals surface area contributed by atoms with Crippen LogP contribution < -0.4 is 15.5 Å². The standard InChI is InChI=1S/C53H48N2S4/c1-27-29(3)33(7)47-45(31(27)5)56-49-43(54-39-23-15-11-19-35(39)36-20-12-16-24-40(36)54)50-52(59-48-34(8)30(4)28(2)32(6)46(48)57-50)44(51(49)58-47)55-41-25-17-13-21-37(41)53(9,10)38-22-14-18-26-42(38)55/h11,13-15,17-26H,12,16H2,1-10H3. The van der Waals surface area contributed by atoms with Crippen LogP contribution in [0.25, 0.3) is 66.3 Å². The lowest BCUT2D eigenvalue weighted by atomic mass is 9.73. The molecule has 0 saturated carbocycles. The van der Waals surface area contributed by atoms with Gasteiger partial charge >= 0.3 is 0 Å². The summed E-state index contributed by atoms with van der Waals surface area (Å²) >= 11 is 8.09. The number of rotatable bonds is 2. The fraction of sp³-hybridized carbons (Fsp3) is 0.245. The second-order valence-corrected chi connectivity index (χ2v) is 21.5. The number of anilines is 3. The highest BCUT2D eigenvalue weighted by Crippen LogP contribution is 2.59. The fourth-order valence-corrected chi connectivity index (χ4v) is 16.2. The number of benzene rings is 6. The number of aryl methyl sites for hydroxylation is 4. The van der Waals surface area contributed by atoms with Crippen molar-refractivity contribution in [3.63, 3.8) is 0 Å². The van der Waals surface area contributed by atoms with E-state index in [4.69, 9.17) is 0 Å². The molecule has 0 amide bonds. The third kappa shape index (κ3) is 5.01. The van der Waals surface area contributed by atoms with E-state index in [9.17, 15) is 0 Å². The lowest BCUT2D eigenvalue weighted by Crippen LogP contribution is -2.31. The number of aromatic nitrogens is 1. The molecule has 0 radical (unpaired) electrons. The van der Waals surface area contributed by atoms with Crippen LogP contribution in [0, 0.1) is 55.4 Å². The average Bonchev–Trinajstić information content (AvgIpc) is 3.59. The van der Waals surface area contributed by atoms with Gasteiger partial charge in [0.2, 0.25) is 0 Å². The van der Waals surface area contributed by atoms with E-state index < -0.39 is 0 Å². The van der Waals surface area contributed by atoms with Crippen molar-refractivity contribution < 1.29 is 0 Å². The minimum absolute atomic E-state index is 0.160. The Balaban J connectivity index is 1.47. The van der Waals surface area contributed by atoms with E-state index in [0.717, 1.165) is 12.8 Å². The van der Waals surface area contributed by atoms with Crippen molar-refractivity contribution in [3.8, 4) is 5.69 Å². The molecule has 0 fully saturated rings.